The van der Waals surface area contributed by atoms with E-state index in [0.29, 0.717) is 76.2 Å². The Labute approximate surface area is 250 Å². The van der Waals surface area contributed by atoms with E-state index in [2.05, 4.69) is 4.98 Å². The van der Waals surface area contributed by atoms with Crippen LogP contribution in [0.25, 0.3) is 16.0 Å². The van der Waals surface area contributed by atoms with Gasteiger partial charge in [0.2, 0.25) is 0 Å². The molecule has 2 aliphatic heterocycles. The number of ketones is 1. The summed E-state index contributed by atoms with van der Waals surface area (Å²) in [6, 6.07) is 14.4. The van der Waals surface area contributed by atoms with Crippen LogP contribution in [-0.4, -0.2) is 48.2 Å². The summed E-state index contributed by atoms with van der Waals surface area (Å²) in [5, 5.41) is 12.4. The monoisotopic (exact) mass is 606 g/mol. The molecule has 0 aliphatic carbocycles. The van der Waals surface area contributed by atoms with Gasteiger partial charge in [0.25, 0.3) is 5.78 Å². The van der Waals surface area contributed by atoms with Gasteiger partial charge in [-0.3, -0.25) is 14.5 Å². The van der Waals surface area contributed by atoms with Crippen LogP contribution in [-0.2, 0) is 9.59 Å². The van der Waals surface area contributed by atoms with Gasteiger partial charge in [-0.2, -0.15) is 0 Å². The molecule has 0 unspecified atom stereocenters. The van der Waals surface area contributed by atoms with E-state index in [1.165, 1.54) is 16.2 Å². The number of hydrogen-bond acceptors (Lipinski definition) is 9. The van der Waals surface area contributed by atoms with E-state index < -0.39 is 17.7 Å². The standard InChI is InChI=1S/C31H27ClN2O7S/c1-3-11-39-21-9-5-17(14-23(21)38-4-2)27-26(28(35)18-6-10-22-24(15-18)41-13-12-40-22)29(36)30(37)34(27)31-33-20-8-7-19(32)16-25(20)42-31/h5-10,14-16,27,35H,3-4,11-13H2,1-2H3/b28-26+/t27-/m0/s1. The SMILES string of the molecule is CCCOc1ccc([C@H]2/C(=C(\O)c3ccc4c(c3)OCCO4)C(=O)C(=O)N2c2nc3ccc(Cl)cc3s2)cc1OCC. The number of Topliss-reactive ketones (excluding diaryl/α,β-unsaturated/α-hetero) is 1. The van der Waals surface area contributed by atoms with Crippen LogP contribution < -0.4 is 23.8 Å². The molecule has 0 spiro atoms. The summed E-state index contributed by atoms with van der Waals surface area (Å²) < 4.78 is 23.8. The molecular weight excluding hydrogens is 580 g/mol. The molecule has 6 rings (SSSR count). The lowest BCUT2D eigenvalue weighted by atomic mass is 9.95. The van der Waals surface area contributed by atoms with Crippen LogP contribution in [0.1, 0.15) is 37.4 Å². The summed E-state index contributed by atoms with van der Waals surface area (Å²) >= 11 is 7.43. The first kappa shape index (κ1) is 27.9. The normalized spacial score (nSPS) is 17.6. The first-order valence-corrected chi connectivity index (χ1v) is 14.8. The van der Waals surface area contributed by atoms with E-state index in [-0.39, 0.29) is 11.3 Å². The zero-order valence-corrected chi connectivity index (χ0v) is 24.5. The van der Waals surface area contributed by atoms with Crippen LogP contribution in [0.5, 0.6) is 23.0 Å². The molecule has 9 nitrogen and oxygen atoms in total. The molecule has 2 aliphatic rings. The Morgan fingerprint density at radius 1 is 1.02 bits per heavy atom. The number of hydrogen-bond donors (Lipinski definition) is 1. The van der Waals surface area contributed by atoms with E-state index in [0.717, 1.165) is 11.1 Å². The van der Waals surface area contributed by atoms with Crippen molar-refractivity contribution in [1.29, 1.82) is 0 Å². The van der Waals surface area contributed by atoms with Crippen LogP contribution in [0, 0.1) is 0 Å². The van der Waals surface area contributed by atoms with Crippen molar-refractivity contribution in [3.63, 3.8) is 0 Å². The Hall–Kier alpha value is -4.28. The number of nitrogens with zero attached hydrogens (tertiary/aromatic N) is 2. The van der Waals surface area contributed by atoms with Gasteiger partial charge in [-0.05, 0) is 67.4 Å². The zero-order chi connectivity index (χ0) is 29.4. The topological polar surface area (TPSA) is 107 Å². The summed E-state index contributed by atoms with van der Waals surface area (Å²) in [4.78, 5) is 33.4. The smallest absolute Gasteiger partial charge is 0.301 e. The minimum Gasteiger partial charge on any atom is -0.507 e. The number of thiazole rings is 1. The van der Waals surface area contributed by atoms with Crippen molar-refractivity contribution in [3.05, 3.63) is 76.3 Å². The number of fused-ring (bicyclic) bond motifs is 2. The zero-order valence-electron chi connectivity index (χ0n) is 22.9. The number of halogens is 1. The highest BCUT2D eigenvalue weighted by Gasteiger charge is 2.48. The van der Waals surface area contributed by atoms with Gasteiger partial charge < -0.3 is 24.1 Å². The van der Waals surface area contributed by atoms with E-state index in [9.17, 15) is 14.7 Å². The number of ether oxygens (including phenoxy) is 4. The third kappa shape index (κ3) is 5.01. The summed E-state index contributed by atoms with van der Waals surface area (Å²) in [7, 11) is 0. The van der Waals surface area contributed by atoms with Crippen LogP contribution in [0.4, 0.5) is 5.13 Å². The molecule has 216 valence electrons. The Morgan fingerprint density at radius 3 is 2.62 bits per heavy atom. The fourth-order valence-corrected chi connectivity index (χ4v) is 6.24. The number of aliphatic hydroxyl groups excluding tert-OH is 1. The number of aliphatic hydroxyl groups is 1. The van der Waals surface area contributed by atoms with Crippen LogP contribution in [0.15, 0.2) is 60.2 Å². The van der Waals surface area contributed by atoms with Gasteiger partial charge in [-0.1, -0.05) is 35.9 Å². The fraction of sp³-hybridized carbons (Fsp3) is 0.258. The van der Waals surface area contributed by atoms with Gasteiger partial charge in [0.05, 0.1) is 35.0 Å². The third-order valence-electron chi connectivity index (χ3n) is 6.85. The molecular formula is C31H27ClN2O7S. The van der Waals surface area contributed by atoms with E-state index in [4.69, 9.17) is 30.5 Å². The number of amides is 1. The summed E-state index contributed by atoms with van der Waals surface area (Å²) in [5.41, 5.74) is 1.40. The largest absolute Gasteiger partial charge is 0.507 e. The van der Waals surface area contributed by atoms with Crippen molar-refractivity contribution in [3.8, 4) is 23.0 Å². The highest BCUT2D eigenvalue weighted by atomic mass is 35.5. The number of benzene rings is 3. The molecule has 11 heteroatoms. The number of anilines is 1. The van der Waals surface area contributed by atoms with Crippen LogP contribution >= 0.6 is 22.9 Å². The van der Waals surface area contributed by atoms with Gasteiger partial charge in [-0.25, -0.2) is 4.98 Å². The molecule has 0 bridgehead atoms. The second-order valence-electron chi connectivity index (χ2n) is 9.62. The molecule has 1 saturated heterocycles. The summed E-state index contributed by atoms with van der Waals surface area (Å²) in [6.45, 7) is 5.51. The van der Waals surface area contributed by atoms with E-state index in [1.54, 1.807) is 54.6 Å². The number of carbonyl (C=O) groups is 2. The lowest BCUT2D eigenvalue weighted by Gasteiger charge is -2.24. The maximum absolute atomic E-state index is 13.7. The highest BCUT2D eigenvalue weighted by molar-refractivity contribution is 7.22. The van der Waals surface area contributed by atoms with Gasteiger partial charge >= 0.3 is 5.91 Å². The Balaban J connectivity index is 1.53. The van der Waals surface area contributed by atoms with Crippen LogP contribution in [0.2, 0.25) is 5.02 Å². The Morgan fingerprint density at radius 2 is 1.83 bits per heavy atom. The minimum absolute atomic E-state index is 0.0846. The van der Waals surface area contributed by atoms with Crippen molar-refractivity contribution in [2.24, 2.45) is 0 Å². The average Bonchev–Trinajstić information content (AvgIpc) is 3.53. The van der Waals surface area contributed by atoms with Crippen molar-refractivity contribution in [2.75, 3.05) is 31.3 Å². The lowest BCUT2D eigenvalue weighted by Crippen LogP contribution is -2.29. The van der Waals surface area contributed by atoms with Gasteiger partial charge in [-0.15, -0.1) is 0 Å². The molecule has 3 aromatic carbocycles. The third-order valence-corrected chi connectivity index (χ3v) is 8.10. The molecule has 1 N–H and O–H groups in total. The first-order valence-electron chi connectivity index (χ1n) is 13.6. The summed E-state index contributed by atoms with van der Waals surface area (Å²) in [6.07, 6.45) is 0.810. The maximum Gasteiger partial charge on any atom is 0.301 e. The number of rotatable bonds is 8. The molecule has 1 aromatic heterocycles. The fourth-order valence-electron chi connectivity index (χ4n) is 4.98. The van der Waals surface area contributed by atoms with Crippen molar-refractivity contribution in [2.45, 2.75) is 26.3 Å². The predicted octanol–water partition coefficient (Wildman–Crippen LogP) is 6.53. The van der Waals surface area contributed by atoms with Crippen LogP contribution in [0.3, 0.4) is 0 Å². The van der Waals surface area contributed by atoms with E-state index in [1.807, 2.05) is 13.8 Å². The Kier molecular flexibility index (Phi) is 7.66. The molecule has 1 atom stereocenters. The minimum atomic E-state index is -1.01. The quantitative estimate of drug-likeness (QED) is 0.137. The molecule has 1 amide bonds. The molecule has 0 radical (unpaired) electrons. The average molecular weight is 607 g/mol. The molecule has 4 aromatic rings. The van der Waals surface area contributed by atoms with Gasteiger partial charge in [0.15, 0.2) is 28.1 Å². The maximum atomic E-state index is 13.7. The van der Waals surface area contributed by atoms with Gasteiger partial charge in [0, 0.05) is 10.6 Å². The second kappa shape index (κ2) is 11.5. The number of carbonyl (C=O) groups excluding carboxylic acids is 2. The lowest BCUT2D eigenvalue weighted by molar-refractivity contribution is -0.132. The predicted molar refractivity (Wildman–Crippen MR) is 160 cm³/mol. The van der Waals surface area contributed by atoms with Crippen molar-refractivity contribution in [1.82, 2.24) is 4.98 Å². The first-order chi connectivity index (χ1) is 20.4. The van der Waals surface area contributed by atoms with E-state index >= 15 is 0 Å². The molecule has 3 heterocycles. The number of aromatic nitrogens is 1. The molecule has 0 saturated carbocycles. The van der Waals surface area contributed by atoms with Crippen molar-refractivity contribution >= 4 is 55.7 Å². The summed E-state index contributed by atoms with van der Waals surface area (Å²) in [5.74, 6) is -0.0128. The Bertz CT molecular complexity index is 1730. The highest BCUT2D eigenvalue weighted by Crippen LogP contribution is 2.46. The molecule has 42 heavy (non-hydrogen) atoms. The molecule has 1 fully saturated rings. The second-order valence-corrected chi connectivity index (χ2v) is 11.1. The van der Waals surface area contributed by atoms with Crippen molar-refractivity contribution < 1.29 is 33.6 Å². The van der Waals surface area contributed by atoms with Gasteiger partial charge in [0.1, 0.15) is 19.0 Å².